The van der Waals surface area contributed by atoms with Gasteiger partial charge < -0.3 is 15.0 Å². The Balaban J connectivity index is 3.43. The lowest BCUT2D eigenvalue weighted by atomic mass is 10.2. The Kier molecular flexibility index (Phi) is 9.06. The van der Waals surface area contributed by atoms with Gasteiger partial charge >= 0.3 is 0 Å². The second-order valence-corrected chi connectivity index (χ2v) is 4.37. The molecular formula is C12H28N2O. The first kappa shape index (κ1) is 14.9. The van der Waals surface area contributed by atoms with Crippen LogP contribution in [0.4, 0.5) is 0 Å². The van der Waals surface area contributed by atoms with Crippen LogP contribution in [0, 0.1) is 0 Å². The summed E-state index contributed by atoms with van der Waals surface area (Å²) in [5, 5.41) is 3.51. The number of likely N-dealkylation sites (N-methyl/N-ethyl adjacent to an activating group) is 1. The average Bonchev–Trinajstić information content (AvgIpc) is 2.24. The largest absolute Gasteiger partial charge is 0.385 e. The molecule has 92 valence electrons. The lowest BCUT2D eigenvalue weighted by Crippen LogP contribution is -2.38. The normalized spacial score (nSPS) is 15.6. The number of ether oxygens (including phenoxy) is 1. The van der Waals surface area contributed by atoms with Gasteiger partial charge in [-0.25, -0.2) is 0 Å². The third-order valence-electron chi connectivity index (χ3n) is 3.06. The van der Waals surface area contributed by atoms with Crippen LogP contribution in [0.1, 0.15) is 33.6 Å². The molecule has 0 aromatic rings. The predicted molar refractivity (Wildman–Crippen MR) is 66.3 cm³/mol. The minimum Gasteiger partial charge on any atom is -0.385 e. The monoisotopic (exact) mass is 216 g/mol. The van der Waals surface area contributed by atoms with Crippen molar-refractivity contribution in [1.29, 1.82) is 0 Å². The minimum absolute atomic E-state index is 0.551. The Morgan fingerprint density at radius 2 is 2.00 bits per heavy atom. The maximum atomic E-state index is 5.05. The zero-order chi connectivity index (χ0) is 11.7. The molecule has 0 fully saturated rings. The molecule has 1 N–H and O–H groups in total. The lowest BCUT2D eigenvalue weighted by Gasteiger charge is -2.24. The van der Waals surface area contributed by atoms with E-state index < -0.39 is 0 Å². The van der Waals surface area contributed by atoms with Gasteiger partial charge in [0.05, 0.1) is 0 Å². The molecule has 0 saturated carbocycles. The molecular weight excluding hydrogens is 188 g/mol. The van der Waals surface area contributed by atoms with Crippen molar-refractivity contribution < 1.29 is 4.74 Å². The van der Waals surface area contributed by atoms with Crippen molar-refractivity contribution in [2.45, 2.75) is 45.7 Å². The number of hydrogen-bond donors (Lipinski definition) is 1. The summed E-state index contributed by atoms with van der Waals surface area (Å²) in [7, 11) is 3.94. The van der Waals surface area contributed by atoms with Crippen LogP contribution in [0.15, 0.2) is 0 Å². The standard InChI is InChI=1S/C12H28N2O/c1-6-12(3)14(4)9-8-13-11(2)7-10-15-5/h11-13H,6-10H2,1-5H3. The Bertz CT molecular complexity index is 142. The summed E-state index contributed by atoms with van der Waals surface area (Å²) in [6.07, 6.45) is 2.30. The molecule has 0 aliphatic heterocycles. The van der Waals surface area contributed by atoms with Crippen molar-refractivity contribution in [3.63, 3.8) is 0 Å². The van der Waals surface area contributed by atoms with E-state index in [0.717, 1.165) is 26.1 Å². The molecule has 15 heavy (non-hydrogen) atoms. The molecule has 0 rings (SSSR count). The minimum atomic E-state index is 0.551. The first-order valence-electron chi connectivity index (χ1n) is 6.04. The first-order chi connectivity index (χ1) is 7.11. The Labute approximate surface area is 95.2 Å². The molecule has 0 aliphatic rings. The van der Waals surface area contributed by atoms with Crippen LogP contribution in [0.25, 0.3) is 0 Å². The zero-order valence-electron chi connectivity index (χ0n) is 11.0. The van der Waals surface area contributed by atoms with Gasteiger partial charge in [-0.3, -0.25) is 0 Å². The topological polar surface area (TPSA) is 24.5 Å². The van der Waals surface area contributed by atoms with Gasteiger partial charge in [-0.1, -0.05) is 6.92 Å². The second-order valence-electron chi connectivity index (χ2n) is 4.37. The molecule has 0 spiro atoms. The van der Waals surface area contributed by atoms with Crippen molar-refractivity contribution in [1.82, 2.24) is 10.2 Å². The Morgan fingerprint density at radius 3 is 2.53 bits per heavy atom. The molecule has 2 atom stereocenters. The van der Waals surface area contributed by atoms with E-state index in [1.165, 1.54) is 6.42 Å². The van der Waals surface area contributed by atoms with Gasteiger partial charge in [0.25, 0.3) is 0 Å². The number of nitrogens with zero attached hydrogens (tertiary/aromatic N) is 1. The van der Waals surface area contributed by atoms with Gasteiger partial charge in [-0.15, -0.1) is 0 Å². The fraction of sp³-hybridized carbons (Fsp3) is 1.00. The van der Waals surface area contributed by atoms with E-state index in [4.69, 9.17) is 4.74 Å². The number of nitrogens with one attached hydrogen (secondary N) is 1. The van der Waals surface area contributed by atoms with Crippen LogP contribution in [0.3, 0.4) is 0 Å². The van der Waals surface area contributed by atoms with Gasteiger partial charge in [0.1, 0.15) is 0 Å². The fourth-order valence-electron chi connectivity index (χ4n) is 1.42. The summed E-state index contributed by atoms with van der Waals surface area (Å²) in [6.45, 7) is 9.74. The van der Waals surface area contributed by atoms with Gasteiger partial charge in [-0.05, 0) is 33.7 Å². The van der Waals surface area contributed by atoms with Crippen LogP contribution in [-0.4, -0.2) is 50.8 Å². The van der Waals surface area contributed by atoms with Gasteiger partial charge in [-0.2, -0.15) is 0 Å². The highest BCUT2D eigenvalue weighted by molar-refractivity contribution is 4.65. The van der Waals surface area contributed by atoms with Crippen molar-refractivity contribution in [2.24, 2.45) is 0 Å². The third-order valence-corrected chi connectivity index (χ3v) is 3.06. The lowest BCUT2D eigenvalue weighted by molar-refractivity contribution is 0.183. The molecule has 0 heterocycles. The van der Waals surface area contributed by atoms with E-state index in [-0.39, 0.29) is 0 Å². The number of rotatable bonds is 9. The molecule has 3 nitrogen and oxygen atoms in total. The maximum absolute atomic E-state index is 5.05. The smallest absolute Gasteiger partial charge is 0.0476 e. The van der Waals surface area contributed by atoms with E-state index >= 15 is 0 Å². The molecule has 3 heteroatoms. The van der Waals surface area contributed by atoms with Crippen molar-refractivity contribution in [3.05, 3.63) is 0 Å². The molecule has 0 radical (unpaired) electrons. The van der Waals surface area contributed by atoms with E-state index in [9.17, 15) is 0 Å². The van der Waals surface area contributed by atoms with Crippen molar-refractivity contribution in [2.75, 3.05) is 33.9 Å². The molecule has 0 aromatic carbocycles. The highest BCUT2D eigenvalue weighted by Crippen LogP contribution is 1.98. The summed E-state index contributed by atoms with van der Waals surface area (Å²) >= 11 is 0. The Morgan fingerprint density at radius 1 is 1.33 bits per heavy atom. The van der Waals surface area contributed by atoms with E-state index in [1.54, 1.807) is 7.11 Å². The first-order valence-corrected chi connectivity index (χ1v) is 6.04. The average molecular weight is 216 g/mol. The van der Waals surface area contributed by atoms with Gasteiger partial charge in [0, 0.05) is 38.9 Å². The quantitative estimate of drug-likeness (QED) is 0.635. The van der Waals surface area contributed by atoms with Crippen LogP contribution < -0.4 is 5.32 Å². The van der Waals surface area contributed by atoms with Crippen LogP contribution in [-0.2, 0) is 4.74 Å². The molecule has 0 amide bonds. The van der Waals surface area contributed by atoms with E-state index in [1.807, 2.05) is 0 Å². The highest BCUT2D eigenvalue weighted by atomic mass is 16.5. The van der Waals surface area contributed by atoms with E-state index in [0.29, 0.717) is 12.1 Å². The maximum Gasteiger partial charge on any atom is 0.0476 e. The van der Waals surface area contributed by atoms with Crippen LogP contribution >= 0.6 is 0 Å². The summed E-state index contributed by atoms with van der Waals surface area (Å²) in [4.78, 5) is 2.40. The molecule has 2 unspecified atom stereocenters. The van der Waals surface area contributed by atoms with Crippen LogP contribution in [0.5, 0.6) is 0 Å². The molecule has 0 aliphatic carbocycles. The second kappa shape index (κ2) is 9.13. The zero-order valence-corrected chi connectivity index (χ0v) is 11.0. The highest BCUT2D eigenvalue weighted by Gasteiger charge is 2.06. The fourth-order valence-corrected chi connectivity index (χ4v) is 1.42. The predicted octanol–water partition coefficient (Wildman–Crippen LogP) is 1.73. The summed E-state index contributed by atoms with van der Waals surface area (Å²) in [5.74, 6) is 0. The summed E-state index contributed by atoms with van der Waals surface area (Å²) < 4.78 is 5.05. The SMILES string of the molecule is CCC(C)N(C)CCNC(C)CCOC. The van der Waals surface area contributed by atoms with E-state index in [2.05, 4.69) is 38.0 Å². The molecule has 0 aromatic heterocycles. The molecule has 0 saturated heterocycles. The van der Waals surface area contributed by atoms with Gasteiger partial charge in [0.2, 0.25) is 0 Å². The van der Waals surface area contributed by atoms with Crippen LogP contribution in [0.2, 0.25) is 0 Å². The number of hydrogen-bond acceptors (Lipinski definition) is 3. The Hall–Kier alpha value is -0.120. The number of methoxy groups -OCH3 is 1. The van der Waals surface area contributed by atoms with Crippen molar-refractivity contribution in [3.8, 4) is 0 Å². The molecule has 0 bridgehead atoms. The van der Waals surface area contributed by atoms with Gasteiger partial charge in [0.15, 0.2) is 0 Å². The third kappa shape index (κ3) is 7.77. The summed E-state index contributed by atoms with van der Waals surface area (Å²) in [6, 6.07) is 1.23. The summed E-state index contributed by atoms with van der Waals surface area (Å²) in [5.41, 5.74) is 0. The van der Waals surface area contributed by atoms with Crippen molar-refractivity contribution >= 4 is 0 Å².